The van der Waals surface area contributed by atoms with Crippen LogP contribution in [0.4, 0.5) is 11.5 Å². The van der Waals surface area contributed by atoms with Gasteiger partial charge in [0.05, 0.1) is 24.0 Å². The van der Waals surface area contributed by atoms with Gasteiger partial charge in [-0.25, -0.2) is 4.98 Å². The van der Waals surface area contributed by atoms with Gasteiger partial charge >= 0.3 is 0 Å². The maximum Gasteiger partial charge on any atom is 0.128 e. The molecule has 4 heteroatoms. The van der Waals surface area contributed by atoms with Crippen LogP contribution >= 0.6 is 0 Å². The number of hydrogen-bond acceptors (Lipinski definition) is 4. The molecule has 15 heavy (non-hydrogen) atoms. The average molecular weight is 207 g/mol. The molecule has 4 nitrogen and oxygen atoms in total. The van der Waals surface area contributed by atoms with Crippen LogP contribution < -0.4 is 10.6 Å². The molecule has 1 fully saturated rings. The molecule has 0 radical (unpaired) electrons. The molecule has 2 atom stereocenters. The summed E-state index contributed by atoms with van der Waals surface area (Å²) in [6.07, 6.45) is 3.49. The molecule has 1 saturated heterocycles. The fourth-order valence-corrected chi connectivity index (χ4v) is 2.15. The summed E-state index contributed by atoms with van der Waals surface area (Å²) < 4.78 is 0. The van der Waals surface area contributed by atoms with Crippen LogP contribution in [0, 0.1) is 0 Å². The van der Waals surface area contributed by atoms with Crippen molar-refractivity contribution in [3.8, 4) is 0 Å². The van der Waals surface area contributed by atoms with Crippen molar-refractivity contribution in [3.05, 3.63) is 18.3 Å². The van der Waals surface area contributed by atoms with Gasteiger partial charge in [-0.15, -0.1) is 0 Å². The molecule has 1 aliphatic heterocycles. The van der Waals surface area contributed by atoms with Gasteiger partial charge in [0.25, 0.3) is 0 Å². The van der Waals surface area contributed by atoms with E-state index in [-0.39, 0.29) is 12.1 Å². The zero-order valence-electron chi connectivity index (χ0n) is 8.93. The maximum atomic E-state index is 9.64. The Kier molecular flexibility index (Phi) is 2.77. The number of rotatable bonds is 2. The third-order valence-corrected chi connectivity index (χ3v) is 2.92. The summed E-state index contributed by atoms with van der Waals surface area (Å²) in [5.41, 5.74) is 6.26. The van der Waals surface area contributed by atoms with Crippen molar-refractivity contribution in [3.63, 3.8) is 0 Å². The van der Waals surface area contributed by atoms with Gasteiger partial charge in [-0.1, -0.05) is 0 Å². The first-order chi connectivity index (χ1) is 7.18. The Morgan fingerprint density at radius 2 is 2.40 bits per heavy atom. The molecular weight excluding hydrogens is 190 g/mol. The van der Waals surface area contributed by atoms with Crippen molar-refractivity contribution < 1.29 is 5.11 Å². The number of nitrogens with two attached hydrogens (primary N) is 1. The Labute approximate surface area is 89.7 Å². The zero-order valence-corrected chi connectivity index (χ0v) is 8.93. The highest BCUT2D eigenvalue weighted by atomic mass is 16.3. The van der Waals surface area contributed by atoms with Crippen LogP contribution in [0.1, 0.15) is 19.8 Å². The molecule has 3 N–H and O–H groups in total. The molecule has 0 spiro atoms. The van der Waals surface area contributed by atoms with Gasteiger partial charge < -0.3 is 15.7 Å². The summed E-state index contributed by atoms with van der Waals surface area (Å²) in [7, 11) is 0. The minimum absolute atomic E-state index is 0.195. The third-order valence-electron chi connectivity index (χ3n) is 2.92. The highest BCUT2D eigenvalue weighted by Crippen LogP contribution is 2.25. The normalized spacial score (nSPS) is 23.1. The Bertz CT molecular complexity index is 323. The second-order valence-electron chi connectivity index (χ2n) is 4.09. The Morgan fingerprint density at radius 1 is 1.60 bits per heavy atom. The van der Waals surface area contributed by atoms with Gasteiger partial charge in [-0.3, -0.25) is 0 Å². The van der Waals surface area contributed by atoms with E-state index in [4.69, 9.17) is 5.73 Å². The minimum atomic E-state index is -0.313. The van der Waals surface area contributed by atoms with Gasteiger partial charge in [0.15, 0.2) is 0 Å². The van der Waals surface area contributed by atoms with Crippen LogP contribution in [-0.4, -0.2) is 28.8 Å². The van der Waals surface area contributed by atoms with Gasteiger partial charge in [0.2, 0.25) is 0 Å². The molecule has 0 aromatic carbocycles. The first kappa shape index (κ1) is 10.2. The largest absolute Gasteiger partial charge is 0.397 e. The van der Waals surface area contributed by atoms with Crippen LogP contribution in [0.25, 0.3) is 0 Å². The molecule has 0 bridgehead atoms. The van der Waals surface area contributed by atoms with Crippen LogP contribution in [-0.2, 0) is 0 Å². The lowest BCUT2D eigenvalue weighted by atomic mass is 10.1. The molecule has 82 valence electrons. The molecule has 2 rings (SSSR count). The van der Waals surface area contributed by atoms with Crippen LogP contribution in [0.3, 0.4) is 0 Å². The van der Waals surface area contributed by atoms with Crippen molar-refractivity contribution in [1.82, 2.24) is 4.98 Å². The van der Waals surface area contributed by atoms with Crippen molar-refractivity contribution in [2.24, 2.45) is 0 Å². The highest BCUT2D eigenvalue weighted by Gasteiger charge is 2.28. The maximum absolute atomic E-state index is 9.64. The first-order valence-corrected chi connectivity index (χ1v) is 5.35. The lowest BCUT2D eigenvalue weighted by Crippen LogP contribution is -2.37. The lowest BCUT2D eigenvalue weighted by molar-refractivity contribution is 0.164. The SMILES string of the molecule is C[C@H](O)[C@@H]1CCCN1c1ccc(N)cn1. The number of nitrogen functional groups attached to an aromatic ring is 1. The minimum Gasteiger partial charge on any atom is -0.397 e. The van der Waals surface area contributed by atoms with E-state index in [1.165, 1.54) is 0 Å². The van der Waals surface area contributed by atoms with Gasteiger partial charge in [0, 0.05) is 6.54 Å². The van der Waals surface area contributed by atoms with Crippen molar-refractivity contribution >= 4 is 11.5 Å². The molecule has 0 unspecified atom stereocenters. The Hall–Kier alpha value is -1.29. The smallest absolute Gasteiger partial charge is 0.128 e. The Balaban J connectivity index is 2.19. The quantitative estimate of drug-likeness (QED) is 0.760. The van der Waals surface area contributed by atoms with E-state index in [1.807, 2.05) is 19.1 Å². The summed E-state index contributed by atoms with van der Waals surface area (Å²) >= 11 is 0. The summed E-state index contributed by atoms with van der Waals surface area (Å²) in [6, 6.07) is 3.96. The molecule has 0 saturated carbocycles. The van der Waals surface area contributed by atoms with E-state index >= 15 is 0 Å². The van der Waals surface area contributed by atoms with Gasteiger partial charge in [-0.05, 0) is 31.9 Å². The predicted octanol–water partition coefficient (Wildman–Crippen LogP) is 1.01. The summed E-state index contributed by atoms with van der Waals surface area (Å²) in [6.45, 7) is 2.80. The second-order valence-corrected chi connectivity index (χ2v) is 4.09. The molecular formula is C11H17N3O. The van der Waals surface area contributed by atoms with E-state index in [2.05, 4.69) is 9.88 Å². The fraction of sp³-hybridized carbons (Fsp3) is 0.545. The molecule has 1 aliphatic rings. The lowest BCUT2D eigenvalue weighted by Gasteiger charge is -2.27. The van der Waals surface area contributed by atoms with Crippen molar-refractivity contribution in [2.45, 2.75) is 31.9 Å². The fourth-order valence-electron chi connectivity index (χ4n) is 2.15. The average Bonchev–Trinajstić information content (AvgIpc) is 2.67. The van der Waals surface area contributed by atoms with Crippen molar-refractivity contribution in [1.29, 1.82) is 0 Å². The van der Waals surface area contributed by atoms with E-state index in [0.29, 0.717) is 5.69 Å². The molecule has 0 amide bonds. The van der Waals surface area contributed by atoms with Crippen LogP contribution in [0.2, 0.25) is 0 Å². The molecule has 1 aromatic heterocycles. The second kappa shape index (κ2) is 4.06. The number of aromatic nitrogens is 1. The monoisotopic (exact) mass is 207 g/mol. The summed E-state index contributed by atoms with van der Waals surface area (Å²) in [5.74, 6) is 0.910. The zero-order chi connectivity index (χ0) is 10.8. The van der Waals surface area contributed by atoms with E-state index in [1.54, 1.807) is 6.20 Å². The summed E-state index contributed by atoms with van der Waals surface area (Å²) in [4.78, 5) is 6.44. The van der Waals surface area contributed by atoms with Gasteiger partial charge in [0.1, 0.15) is 5.82 Å². The van der Waals surface area contributed by atoms with Crippen molar-refractivity contribution in [2.75, 3.05) is 17.2 Å². The predicted molar refractivity (Wildman–Crippen MR) is 60.7 cm³/mol. The number of aliphatic hydroxyl groups excluding tert-OH is 1. The number of nitrogens with zero attached hydrogens (tertiary/aromatic N) is 2. The number of hydrogen-bond donors (Lipinski definition) is 2. The highest BCUT2D eigenvalue weighted by molar-refractivity contribution is 5.47. The van der Waals surface area contributed by atoms with E-state index in [9.17, 15) is 5.11 Å². The van der Waals surface area contributed by atoms with Crippen LogP contribution in [0.15, 0.2) is 18.3 Å². The number of pyridine rings is 1. The summed E-state index contributed by atoms with van der Waals surface area (Å²) in [5, 5.41) is 9.64. The number of aliphatic hydroxyl groups is 1. The molecule has 1 aromatic rings. The molecule has 0 aliphatic carbocycles. The third kappa shape index (κ3) is 2.04. The standard InChI is InChI=1S/C11H17N3O/c1-8(15)10-3-2-6-14(10)11-5-4-9(12)7-13-11/h4-5,7-8,10,15H,2-3,6,12H2,1H3/t8-,10-/m0/s1. The first-order valence-electron chi connectivity index (χ1n) is 5.35. The van der Waals surface area contributed by atoms with Crippen LogP contribution in [0.5, 0.6) is 0 Å². The molecule has 2 heterocycles. The van der Waals surface area contributed by atoms with E-state index < -0.39 is 0 Å². The van der Waals surface area contributed by atoms with E-state index in [0.717, 1.165) is 25.2 Å². The van der Waals surface area contributed by atoms with Gasteiger partial charge in [-0.2, -0.15) is 0 Å². The topological polar surface area (TPSA) is 62.4 Å². The number of anilines is 2. The Morgan fingerprint density at radius 3 is 3.00 bits per heavy atom.